The molecule has 0 unspecified atom stereocenters. The van der Waals surface area contributed by atoms with Gasteiger partial charge in [-0.25, -0.2) is 9.59 Å². The predicted molar refractivity (Wildman–Crippen MR) is 242 cm³/mol. The molecule has 4 aromatic heterocycles. The maximum atomic E-state index is 13.1. The van der Waals surface area contributed by atoms with Gasteiger partial charge in [0.2, 0.25) is 11.9 Å². The largest absolute Gasteiger partial charge is 0.489 e. The Hall–Kier alpha value is -6.14. The molecule has 0 radical (unpaired) electrons. The van der Waals surface area contributed by atoms with Gasteiger partial charge in [-0.2, -0.15) is 9.97 Å². The number of hydrogen-bond acceptors (Lipinski definition) is 11. The SMILES string of the molecule is Cn1c(=O)c2c(nc(N3CCNCC3)n2Cc2ccc(Cl)cc2Cl)n(C)c1=O.Cn1c(=O)c2c(nc(N3CCNCC3)n2Cc2ccc(OCc3ccccc3)cc2)n(C)c1=O. The minimum atomic E-state index is -0.404. The average molecular weight is 884 g/mol. The summed E-state index contributed by atoms with van der Waals surface area (Å²) in [5.41, 5.74) is 3.03. The van der Waals surface area contributed by atoms with Crippen LogP contribution >= 0.6 is 23.2 Å². The molecule has 2 aliphatic rings. The van der Waals surface area contributed by atoms with Crippen molar-refractivity contribution in [3.05, 3.63) is 141 Å². The Morgan fingerprint density at radius 1 is 0.597 bits per heavy atom. The minimum Gasteiger partial charge on any atom is -0.489 e. The highest BCUT2D eigenvalue weighted by atomic mass is 35.5. The molecule has 62 heavy (non-hydrogen) atoms. The minimum absolute atomic E-state index is 0.338. The van der Waals surface area contributed by atoms with Crippen LogP contribution in [0.2, 0.25) is 10.0 Å². The van der Waals surface area contributed by atoms with Crippen molar-refractivity contribution < 1.29 is 4.74 Å². The van der Waals surface area contributed by atoms with Gasteiger partial charge >= 0.3 is 11.4 Å². The van der Waals surface area contributed by atoms with Crippen molar-refractivity contribution in [3.8, 4) is 5.75 Å². The van der Waals surface area contributed by atoms with E-state index in [2.05, 4.69) is 25.4 Å². The number of piperazine rings is 2. The summed E-state index contributed by atoms with van der Waals surface area (Å²) in [6.07, 6.45) is 0. The van der Waals surface area contributed by atoms with Gasteiger partial charge in [0.1, 0.15) is 12.4 Å². The number of fused-ring (bicyclic) bond motifs is 2. The summed E-state index contributed by atoms with van der Waals surface area (Å²) < 4.78 is 14.8. The van der Waals surface area contributed by atoms with Crippen LogP contribution in [-0.2, 0) is 47.9 Å². The van der Waals surface area contributed by atoms with E-state index in [1.54, 1.807) is 26.2 Å². The van der Waals surface area contributed by atoms with Crippen LogP contribution in [0.15, 0.2) is 92.0 Å². The zero-order chi connectivity index (χ0) is 43.7. The number of aromatic nitrogens is 8. The Kier molecular flexibility index (Phi) is 12.4. The fourth-order valence-electron chi connectivity index (χ4n) is 7.82. The summed E-state index contributed by atoms with van der Waals surface area (Å²) in [6.45, 7) is 7.71. The summed E-state index contributed by atoms with van der Waals surface area (Å²) in [6, 6.07) is 23.2. The summed E-state index contributed by atoms with van der Waals surface area (Å²) in [7, 11) is 6.26. The molecule has 9 rings (SSSR count). The molecule has 17 nitrogen and oxygen atoms in total. The van der Waals surface area contributed by atoms with Crippen molar-refractivity contribution in [3.63, 3.8) is 0 Å². The molecule has 2 fully saturated rings. The van der Waals surface area contributed by atoms with Gasteiger partial charge in [0.05, 0.1) is 13.1 Å². The van der Waals surface area contributed by atoms with Crippen molar-refractivity contribution in [2.75, 3.05) is 62.2 Å². The van der Waals surface area contributed by atoms with Gasteiger partial charge in [0, 0.05) is 90.6 Å². The molecule has 0 saturated carbocycles. The molecule has 19 heteroatoms. The molecule has 0 spiro atoms. The first kappa shape index (κ1) is 42.5. The van der Waals surface area contributed by atoms with Crippen LogP contribution in [0.25, 0.3) is 22.3 Å². The van der Waals surface area contributed by atoms with Gasteiger partial charge in [-0.3, -0.25) is 37.0 Å². The van der Waals surface area contributed by atoms with E-state index in [9.17, 15) is 19.2 Å². The van der Waals surface area contributed by atoms with E-state index in [-0.39, 0.29) is 16.8 Å². The van der Waals surface area contributed by atoms with Gasteiger partial charge in [0.15, 0.2) is 22.3 Å². The van der Waals surface area contributed by atoms with Gasteiger partial charge in [-0.15, -0.1) is 0 Å². The first-order chi connectivity index (χ1) is 29.9. The van der Waals surface area contributed by atoms with Crippen molar-refractivity contribution in [2.45, 2.75) is 19.7 Å². The van der Waals surface area contributed by atoms with E-state index in [1.165, 1.54) is 23.2 Å². The zero-order valence-corrected chi connectivity index (χ0v) is 36.5. The van der Waals surface area contributed by atoms with E-state index in [0.717, 1.165) is 83.9 Å². The van der Waals surface area contributed by atoms with E-state index in [1.807, 2.05) is 69.8 Å². The quantitative estimate of drug-likeness (QED) is 0.219. The van der Waals surface area contributed by atoms with E-state index >= 15 is 0 Å². The third-order valence-corrected chi connectivity index (χ3v) is 11.9. The lowest BCUT2D eigenvalue weighted by Gasteiger charge is -2.28. The first-order valence-corrected chi connectivity index (χ1v) is 21.1. The van der Waals surface area contributed by atoms with Gasteiger partial charge in [-0.1, -0.05) is 71.7 Å². The smallest absolute Gasteiger partial charge is 0.332 e. The third-order valence-electron chi connectivity index (χ3n) is 11.3. The molecule has 324 valence electrons. The number of nitrogens with zero attached hydrogens (tertiary/aromatic N) is 10. The molecule has 0 amide bonds. The Labute approximate surface area is 365 Å². The number of benzene rings is 3. The van der Waals surface area contributed by atoms with Crippen LogP contribution in [-0.4, -0.2) is 89.7 Å². The molecule has 0 aliphatic carbocycles. The molecular weight excluding hydrogens is 835 g/mol. The fraction of sp³-hybridized carbons (Fsp3) is 0.349. The highest BCUT2D eigenvalue weighted by Gasteiger charge is 2.26. The summed E-state index contributed by atoms with van der Waals surface area (Å²) in [4.78, 5) is 64.7. The Morgan fingerprint density at radius 3 is 1.60 bits per heavy atom. The first-order valence-electron chi connectivity index (χ1n) is 20.3. The van der Waals surface area contributed by atoms with Crippen LogP contribution in [0.5, 0.6) is 5.75 Å². The number of nitrogens with one attached hydrogen (secondary N) is 2. The highest BCUT2D eigenvalue weighted by Crippen LogP contribution is 2.27. The van der Waals surface area contributed by atoms with E-state index in [4.69, 9.17) is 32.9 Å². The molecule has 7 aromatic rings. The lowest BCUT2D eigenvalue weighted by Crippen LogP contribution is -2.44. The molecule has 3 aromatic carbocycles. The Morgan fingerprint density at radius 2 is 1.10 bits per heavy atom. The number of hydrogen-bond donors (Lipinski definition) is 2. The fourth-order valence-corrected chi connectivity index (χ4v) is 8.29. The van der Waals surface area contributed by atoms with Crippen LogP contribution in [0.1, 0.15) is 16.7 Å². The molecule has 2 aliphatic heterocycles. The zero-order valence-electron chi connectivity index (χ0n) is 35.0. The predicted octanol–water partition coefficient (Wildman–Crippen LogP) is 2.67. The number of imidazole rings is 2. The average Bonchev–Trinajstić information content (AvgIpc) is 3.87. The summed E-state index contributed by atoms with van der Waals surface area (Å²) in [5, 5.41) is 7.72. The molecule has 2 N–H and O–H groups in total. The number of halogens is 2. The molecular formula is C43H48Cl2N12O5. The molecule has 6 heterocycles. The van der Waals surface area contributed by atoms with Crippen LogP contribution < -0.4 is 47.7 Å². The summed E-state index contributed by atoms with van der Waals surface area (Å²) in [5.74, 6) is 2.14. The number of ether oxygens (including phenoxy) is 1. The second kappa shape index (κ2) is 18.1. The van der Waals surface area contributed by atoms with E-state index < -0.39 is 5.69 Å². The van der Waals surface area contributed by atoms with Gasteiger partial charge in [-0.05, 0) is 41.0 Å². The number of anilines is 2. The molecule has 0 bridgehead atoms. The van der Waals surface area contributed by atoms with Crippen molar-refractivity contribution >= 4 is 57.4 Å². The van der Waals surface area contributed by atoms with E-state index in [0.29, 0.717) is 64.0 Å². The van der Waals surface area contributed by atoms with Gasteiger partial charge < -0.3 is 25.2 Å². The Balaban J connectivity index is 0.000000174. The van der Waals surface area contributed by atoms with Crippen LogP contribution in [0.3, 0.4) is 0 Å². The summed E-state index contributed by atoms with van der Waals surface area (Å²) >= 11 is 12.4. The third kappa shape index (κ3) is 8.40. The number of aryl methyl sites for hydroxylation is 2. The van der Waals surface area contributed by atoms with Gasteiger partial charge in [0.25, 0.3) is 11.1 Å². The molecule has 0 atom stereocenters. The lowest BCUT2D eigenvalue weighted by atomic mass is 10.2. The lowest BCUT2D eigenvalue weighted by molar-refractivity contribution is 0.306. The normalized spacial score (nSPS) is 14.4. The highest BCUT2D eigenvalue weighted by molar-refractivity contribution is 6.35. The standard InChI is InChI=1S/C25H28N6O3.C18H20Cl2N6O2/c1-28-22-21(23(32)29(2)25(28)33)31(24(27-22)30-14-12-26-13-15-30)16-18-8-10-20(11-9-18)34-17-19-6-4-3-5-7-19;1-23-15-14(16(27)24(2)18(23)28)26(10-11-3-4-12(19)9-13(11)20)17(22-15)25-7-5-21-6-8-25/h3-11,26H,12-17H2,1-2H3;3-4,9,21H,5-8,10H2,1-2H3. The van der Waals surface area contributed by atoms with Crippen molar-refractivity contribution in [1.29, 1.82) is 0 Å². The van der Waals surface area contributed by atoms with Crippen LogP contribution in [0, 0.1) is 0 Å². The monoisotopic (exact) mass is 882 g/mol. The maximum Gasteiger partial charge on any atom is 0.332 e. The van der Waals surface area contributed by atoms with Crippen molar-refractivity contribution in [1.82, 2.24) is 48.0 Å². The second-order valence-electron chi connectivity index (χ2n) is 15.4. The topological polar surface area (TPSA) is 163 Å². The number of rotatable bonds is 9. The van der Waals surface area contributed by atoms with Crippen molar-refractivity contribution in [2.24, 2.45) is 28.2 Å². The second-order valence-corrected chi connectivity index (χ2v) is 16.2. The molecule has 2 saturated heterocycles. The Bertz CT molecular complexity index is 2990. The van der Waals surface area contributed by atoms with Crippen LogP contribution in [0.4, 0.5) is 11.9 Å². The maximum absolute atomic E-state index is 13.1.